The number of aromatic hydroxyl groups is 1. The van der Waals surface area contributed by atoms with Crippen LogP contribution in [0.5, 0.6) is 11.5 Å². The molecule has 2 N–H and O–H groups in total. The summed E-state index contributed by atoms with van der Waals surface area (Å²) in [7, 11) is 3.41. The maximum atomic E-state index is 13.5. The Morgan fingerprint density at radius 3 is 2.69 bits per heavy atom. The molecule has 7 heteroatoms. The van der Waals surface area contributed by atoms with E-state index in [1.807, 2.05) is 49.5 Å². The van der Waals surface area contributed by atoms with Gasteiger partial charge in [0.2, 0.25) is 0 Å². The third kappa shape index (κ3) is 5.04. The van der Waals surface area contributed by atoms with Gasteiger partial charge in [0.25, 0.3) is 11.5 Å². The fourth-order valence-corrected chi connectivity index (χ4v) is 4.77. The van der Waals surface area contributed by atoms with Gasteiger partial charge in [-0.15, -0.1) is 0 Å². The van der Waals surface area contributed by atoms with Crippen LogP contribution in [-0.4, -0.2) is 48.1 Å². The number of nitrogens with zero attached hydrogens (tertiary/aromatic N) is 2. The van der Waals surface area contributed by atoms with E-state index in [2.05, 4.69) is 24.0 Å². The molecule has 184 valence electrons. The topological polar surface area (TPSA) is 85.9 Å². The molecule has 3 aromatic rings. The molecule has 35 heavy (non-hydrogen) atoms. The van der Waals surface area contributed by atoms with Crippen LogP contribution in [0.2, 0.25) is 0 Å². The molecule has 1 amide bonds. The normalized spacial score (nSPS) is 15.3. The second-order valence-corrected chi connectivity index (χ2v) is 9.02. The van der Waals surface area contributed by atoms with Crippen LogP contribution in [-0.2, 0) is 6.42 Å². The lowest BCUT2D eigenvalue weighted by Crippen LogP contribution is -2.34. The Balaban J connectivity index is 1.71. The predicted octanol–water partition coefficient (Wildman–Crippen LogP) is 4.83. The Morgan fingerprint density at radius 2 is 1.97 bits per heavy atom. The number of aromatic amines is 1. The van der Waals surface area contributed by atoms with Gasteiger partial charge < -0.3 is 24.6 Å². The van der Waals surface area contributed by atoms with Crippen LogP contribution in [0.1, 0.15) is 53.7 Å². The Kier molecular flexibility index (Phi) is 7.44. The summed E-state index contributed by atoms with van der Waals surface area (Å²) in [6.07, 6.45) is 3.17. The van der Waals surface area contributed by atoms with Crippen molar-refractivity contribution >= 4 is 17.3 Å². The molecule has 1 fully saturated rings. The number of aromatic nitrogens is 1. The SMILES string of the molecule is CCCCc1[nH]c(=O)c(C(=O)N2CC[C@H](c3ccccc3)C2)c(O)c1N(C)c1cccc(OC)c1. The predicted molar refractivity (Wildman–Crippen MR) is 138 cm³/mol. The average molecular weight is 476 g/mol. The summed E-state index contributed by atoms with van der Waals surface area (Å²) in [5, 5.41) is 11.4. The highest BCUT2D eigenvalue weighted by molar-refractivity contribution is 5.99. The van der Waals surface area contributed by atoms with E-state index in [0.29, 0.717) is 36.6 Å². The number of amides is 1. The number of aryl methyl sites for hydroxylation is 1. The Hall–Kier alpha value is -3.74. The number of anilines is 2. The number of nitrogens with one attached hydrogen (secondary N) is 1. The van der Waals surface area contributed by atoms with Crippen molar-refractivity contribution in [3.8, 4) is 11.5 Å². The van der Waals surface area contributed by atoms with E-state index >= 15 is 0 Å². The lowest BCUT2D eigenvalue weighted by Gasteiger charge is -2.26. The summed E-state index contributed by atoms with van der Waals surface area (Å²) in [5.74, 6) is 0.167. The molecular weight excluding hydrogens is 442 g/mol. The number of hydrogen-bond donors (Lipinski definition) is 2. The number of H-pyrrole nitrogens is 1. The van der Waals surface area contributed by atoms with Crippen molar-refractivity contribution in [3.63, 3.8) is 0 Å². The van der Waals surface area contributed by atoms with Gasteiger partial charge in [-0.3, -0.25) is 9.59 Å². The maximum absolute atomic E-state index is 13.5. The van der Waals surface area contributed by atoms with Gasteiger partial charge in [-0.25, -0.2) is 0 Å². The van der Waals surface area contributed by atoms with E-state index in [4.69, 9.17) is 4.74 Å². The molecule has 1 saturated heterocycles. The number of unbranched alkanes of at least 4 members (excludes halogenated alkanes) is 1. The van der Waals surface area contributed by atoms with Crippen LogP contribution in [0.15, 0.2) is 59.4 Å². The third-order valence-electron chi connectivity index (χ3n) is 6.76. The van der Waals surface area contributed by atoms with Crippen molar-refractivity contribution < 1.29 is 14.6 Å². The minimum atomic E-state index is -0.551. The van der Waals surface area contributed by atoms with E-state index in [1.165, 1.54) is 5.56 Å². The van der Waals surface area contributed by atoms with Crippen LogP contribution < -0.4 is 15.2 Å². The highest BCUT2D eigenvalue weighted by atomic mass is 16.5. The summed E-state index contributed by atoms with van der Waals surface area (Å²) in [5.41, 5.74) is 2.24. The van der Waals surface area contributed by atoms with E-state index in [9.17, 15) is 14.7 Å². The molecule has 4 rings (SSSR count). The molecule has 0 aliphatic carbocycles. The lowest BCUT2D eigenvalue weighted by atomic mass is 9.99. The van der Waals surface area contributed by atoms with E-state index in [0.717, 1.165) is 24.9 Å². The molecule has 0 spiro atoms. The number of methoxy groups -OCH3 is 1. The molecular formula is C28H33N3O4. The monoisotopic (exact) mass is 475 g/mol. The summed E-state index contributed by atoms with van der Waals surface area (Å²) in [6, 6.07) is 17.5. The maximum Gasteiger partial charge on any atom is 0.264 e. The second kappa shape index (κ2) is 10.7. The summed E-state index contributed by atoms with van der Waals surface area (Å²) in [4.78, 5) is 33.0. The Morgan fingerprint density at radius 1 is 1.20 bits per heavy atom. The summed E-state index contributed by atoms with van der Waals surface area (Å²) in [6.45, 7) is 3.12. The van der Waals surface area contributed by atoms with Crippen LogP contribution in [0.4, 0.5) is 11.4 Å². The Bertz CT molecular complexity index is 1240. The molecule has 0 unspecified atom stereocenters. The smallest absolute Gasteiger partial charge is 0.264 e. The van der Waals surface area contributed by atoms with Crippen LogP contribution in [0.25, 0.3) is 0 Å². The van der Waals surface area contributed by atoms with Crippen LogP contribution in [0.3, 0.4) is 0 Å². The number of carbonyl (C=O) groups excluding carboxylic acids is 1. The van der Waals surface area contributed by atoms with E-state index in [-0.39, 0.29) is 17.2 Å². The van der Waals surface area contributed by atoms with E-state index < -0.39 is 11.5 Å². The van der Waals surface area contributed by atoms with E-state index in [1.54, 1.807) is 16.9 Å². The van der Waals surface area contributed by atoms with Gasteiger partial charge in [0.1, 0.15) is 17.0 Å². The van der Waals surface area contributed by atoms with Gasteiger partial charge in [-0.1, -0.05) is 49.7 Å². The van der Waals surface area contributed by atoms with Gasteiger partial charge in [-0.2, -0.15) is 0 Å². The Labute approximate surface area is 206 Å². The second-order valence-electron chi connectivity index (χ2n) is 9.02. The first-order valence-corrected chi connectivity index (χ1v) is 12.1. The molecule has 7 nitrogen and oxygen atoms in total. The molecule has 1 aromatic heterocycles. The van der Waals surface area contributed by atoms with Crippen LogP contribution in [0, 0.1) is 0 Å². The standard InChI is InChI=1S/C28H33N3O4/c1-4-5-14-23-25(30(2)21-12-9-13-22(17-21)35-3)26(32)24(27(33)29-23)28(34)31-16-15-20(18-31)19-10-7-6-8-11-19/h6-13,17,20H,4-5,14-16,18H2,1-3H3,(H2,29,32,33)/t20-/m0/s1. The average Bonchev–Trinajstić information content (AvgIpc) is 3.38. The van der Waals surface area contributed by atoms with Crippen molar-refractivity contribution in [1.29, 1.82) is 0 Å². The number of benzene rings is 2. The van der Waals surface area contributed by atoms with Gasteiger partial charge in [-0.05, 0) is 37.0 Å². The highest BCUT2D eigenvalue weighted by Crippen LogP contribution is 2.38. The first kappa shape index (κ1) is 24.4. The zero-order valence-electron chi connectivity index (χ0n) is 20.6. The number of rotatable bonds is 8. The van der Waals surface area contributed by atoms with Crippen molar-refractivity contribution in [2.45, 2.75) is 38.5 Å². The minimum Gasteiger partial charge on any atom is -0.505 e. The first-order valence-electron chi connectivity index (χ1n) is 12.1. The molecule has 2 aromatic carbocycles. The quantitative estimate of drug-likeness (QED) is 0.487. The first-order chi connectivity index (χ1) is 16.9. The largest absolute Gasteiger partial charge is 0.505 e. The lowest BCUT2D eigenvalue weighted by molar-refractivity contribution is 0.0786. The van der Waals surface area contributed by atoms with Gasteiger partial charge >= 0.3 is 0 Å². The minimum absolute atomic E-state index is 0.205. The molecule has 1 aliphatic rings. The van der Waals surface area contributed by atoms with Gasteiger partial charge in [0, 0.05) is 43.5 Å². The zero-order chi connectivity index (χ0) is 24.9. The van der Waals surface area contributed by atoms with Crippen molar-refractivity contribution in [3.05, 3.63) is 81.8 Å². The van der Waals surface area contributed by atoms with Crippen molar-refractivity contribution in [2.24, 2.45) is 0 Å². The number of ether oxygens (including phenoxy) is 1. The molecule has 2 heterocycles. The summed E-state index contributed by atoms with van der Waals surface area (Å²) < 4.78 is 5.35. The highest BCUT2D eigenvalue weighted by Gasteiger charge is 2.33. The molecule has 1 atom stereocenters. The van der Waals surface area contributed by atoms with Gasteiger partial charge in [0.15, 0.2) is 5.75 Å². The third-order valence-corrected chi connectivity index (χ3v) is 6.76. The molecule has 0 saturated carbocycles. The fourth-order valence-electron chi connectivity index (χ4n) is 4.77. The van der Waals surface area contributed by atoms with Gasteiger partial charge in [0.05, 0.1) is 7.11 Å². The fraction of sp³-hybridized carbons (Fsp3) is 0.357. The summed E-state index contributed by atoms with van der Waals surface area (Å²) >= 11 is 0. The van der Waals surface area contributed by atoms with Crippen LogP contribution >= 0.6 is 0 Å². The zero-order valence-corrected chi connectivity index (χ0v) is 20.6. The van der Waals surface area contributed by atoms with Crippen molar-refractivity contribution in [1.82, 2.24) is 9.88 Å². The van der Waals surface area contributed by atoms with Crippen molar-refractivity contribution in [2.75, 3.05) is 32.1 Å². The molecule has 1 aliphatic heterocycles. The number of pyridine rings is 1. The molecule has 0 bridgehead atoms. The number of hydrogen-bond acceptors (Lipinski definition) is 5. The number of likely N-dealkylation sites (tertiary alicyclic amines) is 1. The number of carbonyl (C=O) groups is 1. The molecule has 0 radical (unpaired) electrons.